The second-order valence-corrected chi connectivity index (χ2v) is 3.25. The predicted molar refractivity (Wildman–Crippen MR) is 53.7 cm³/mol. The van der Waals surface area contributed by atoms with Crippen molar-refractivity contribution in [2.75, 3.05) is 0 Å². The number of aromatic amines is 1. The lowest BCUT2D eigenvalue weighted by atomic mass is 10.1. The minimum absolute atomic E-state index is 0.153. The Kier molecular flexibility index (Phi) is 2.40. The molecule has 2 aromatic rings. The first-order valence-electron chi connectivity index (χ1n) is 4.46. The summed E-state index contributed by atoms with van der Waals surface area (Å²) in [5.41, 5.74) is -0.308. The molecule has 0 radical (unpaired) electrons. The van der Waals surface area contributed by atoms with Gasteiger partial charge < -0.3 is 10.1 Å². The molecule has 1 aromatic carbocycles. The standard InChI is InChI=1S/C10H7FN2O3/c11-5-1-2-6-7(3-5)12-10(16)13-8(6)4-9(14)15/h1-3H,4H2,(H,14,15)(H,12,13,16). The van der Waals surface area contributed by atoms with Gasteiger partial charge in [0.25, 0.3) is 0 Å². The number of carbonyl (C=O) groups is 1. The summed E-state index contributed by atoms with van der Waals surface area (Å²) in [4.78, 5) is 27.6. The van der Waals surface area contributed by atoms with E-state index >= 15 is 0 Å². The molecule has 0 atom stereocenters. The van der Waals surface area contributed by atoms with Gasteiger partial charge in [0.05, 0.1) is 11.9 Å². The van der Waals surface area contributed by atoms with Crippen molar-refractivity contribution in [2.24, 2.45) is 0 Å². The van der Waals surface area contributed by atoms with Crippen molar-refractivity contribution in [3.05, 3.63) is 40.2 Å². The highest BCUT2D eigenvalue weighted by Gasteiger charge is 2.08. The molecule has 0 aliphatic heterocycles. The topological polar surface area (TPSA) is 83.0 Å². The number of benzene rings is 1. The van der Waals surface area contributed by atoms with Gasteiger partial charge in [-0.2, -0.15) is 4.98 Å². The van der Waals surface area contributed by atoms with Gasteiger partial charge in [-0.1, -0.05) is 0 Å². The number of fused-ring (bicyclic) bond motifs is 1. The summed E-state index contributed by atoms with van der Waals surface area (Å²) in [6.07, 6.45) is -0.333. The van der Waals surface area contributed by atoms with E-state index in [0.717, 1.165) is 6.07 Å². The molecule has 0 aliphatic carbocycles. The van der Waals surface area contributed by atoms with E-state index < -0.39 is 17.5 Å². The first-order valence-corrected chi connectivity index (χ1v) is 4.46. The number of H-pyrrole nitrogens is 1. The molecule has 0 fully saturated rings. The number of hydrogen-bond acceptors (Lipinski definition) is 3. The van der Waals surface area contributed by atoms with Gasteiger partial charge in [-0.3, -0.25) is 4.79 Å². The highest BCUT2D eigenvalue weighted by atomic mass is 19.1. The van der Waals surface area contributed by atoms with E-state index in [2.05, 4.69) is 9.97 Å². The zero-order valence-electron chi connectivity index (χ0n) is 8.03. The predicted octanol–water partition coefficient (Wildman–Crippen LogP) is 0.689. The molecule has 16 heavy (non-hydrogen) atoms. The molecule has 6 heteroatoms. The number of aromatic nitrogens is 2. The van der Waals surface area contributed by atoms with Crippen LogP contribution in [-0.2, 0) is 11.2 Å². The molecular weight excluding hydrogens is 215 g/mol. The zero-order chi connectivity index (χ0) is 11.7. The molecule has 0 saturated heterocycles. The number of nitrogens with zero attached hydrogens (tertiary/aromatic N) is 1. The Labute approximate surface area is 88.6 Å². The molecule has 0 aliphatic rings. The molecule has 2 rings (SSSR count). The lowest BCUT2D eigenvalue weighted by Gasteiger charge is -2.02. The number of nitrogens with one attached hydrogen (secondary N) is 1. The van der Waals surface area contributed by atoms with E-state index in [1.54, 1.807) is 0 Å². The van der Waals surface area contributed by atoms with E-state index in [1.807, 2.05) is 0 Å². The number of carboxylic acid groups (broad SMARTS) is 1. The third kappa shape index (κ3) is 1.90. The molecule has 0 amide bonds. The summed E-state index contributed by atoms with van der Waals surface area (Å²) in [6.45, 7) is 0. The molecule has 0 bridgehead atoms. The second-order valence-electron chi connectivity index (χ2n) is 3.25. The fraction of sp³-hybridized carbons (Fsp3) is 0.100. The van der Waals surface area contributed by atoms with Crippen LogP contribution in [0.5, 0.6) is 0 Å². The Morgan fingerprint density at radius 2 is 2.25 bits per heavy atom. The van der Waals surface area contributed by atoms with Gasteiger partial charge in [0.1, 0.15) is 5.82 Å². The third-order valence-electron chi connectivity index (χ3n) is 2.09. The highest BCUT2D eigenvalue weighted by molar-refractivity contribution is 5.84. The van der Waals surface area contributed by atoms with Crippen molar-refractivity contribution in [1.29, 1.82) is 0 Å². The van der Waals surface area contributed by atoms with Gasteiger partial charge in [-0.05, 0) is 12.1 Å². The smallest absolute Gasteiger partial charge is 0.345 e. The molecule has 0 spiro atoms. The first-order chi connectivity index (χ1) is 7.56. The zero-order valence-corrected chi connectivity index (χ0v) is 8.03. The van der Waals surface area contributed by atoms with E-state index in [-0.39, 0.29) is 17.6 Å². The Morgan fingerprint density at radius 1 is 1.50 bits per heavy atom. The van der Waals surface area contributed by atoms with Gasteiger partial charge in [0.15, 0.2) is 0 Å². The fourth-order valence-electron chi connectivity index (χ4n) is 1.48. The summed E-state index contributed by atoms with van der Waals surface area (Å²) in [6, 6.07) is 3.68. The largest absolute Gasteiger partial charge is 0.481 e. The first kappa shape index (κ1) is 10.3. The van der Waals surface area contributed by atoms with Crippen LogP contribution in [0.4, 0.5) is 4.39 Å². The average molecular weight is 222 g/mol. The van der Waals surface area contributed by atoms with Crippen molar-refractivity contribution in [2.45, 2.75) is 6.42 Å². The third-order valence-corrected chi connectivity index (χ3v) is 2.09. The van der Waals surface area contributed by atoms with Crippen molar-refractivity contribution >= 4 is 16.9 Å². The maximum absolute atomic E-state index is 12.9. The monoisotopic (exact) mass is 222 g/mol. The van der Waals surface area contributed by atoms with Crippen molar-refractivity contribution in [3.63, 3.8) is 0 Å². The van der Waals surface area contributed by atoms with Crippen LogP contribution in [0.25, 0.3) is 10.9 Å². The lowest BCUT2D eigenvalue weighted by Crippen LogP contribution is -2.15. The Hall–Kier alpha value is -2.24. The SMILES string of the molecule is O=C(O)Cc1[nH]c(=O)nc2cc(F)ccc12. The Bertz CT molecular complexity index is 621. The summed E-state index contributed by atoms with van der Waals surface area (Å²) in [5, 5.41) is 9.09. The molecule has 0 saturated carbocycles. The van der Waals surface area contributed by atoms with E-state index in [9.17, 15) is 14.0 Å². The summed E-state index contributed by atoms with van der Waals surface area (Å²) in [7, 11) is 0. The number of hydrogen-bond donors (Lipinski definition) is 2. The van der Waals surface area contributed by atoms with Crippen LogP contribution in [0, 0.1) is 5.82 Å². The Morgan fingerprint density at radius 3 is 2.94 bits per heavy atom. The maximum atomic E-state index is 12.9. The minimum Gasteiger partial charge on any atom is -0.481 e. The van der Waals surface area contributed by atoms with E-state index in [0.29, 0.717) is 5.39 Å². The Balaban J connectivity index is 2.72. The molecule has 82 valence electrons. The highest BCUT2D eigenvalue weighted by Crippen LogP contribution is 2.15. The second kappa shape index (κ2) is 3.73. The molecule has 5 nitrogen and oxygen atoms in total. The quantitative estimate of drug-likeness (QED) is 0.783. The number of aliphatic carboxylic acids is 1. The van der Waals surface area contributed by atoms with Crippen LogP contribution in [-0.4, -0.2) is 21.0 Å². The van der Waals surface area contributed by atoms with Gasteiger partial charge in [-0.25, -0.2) is 9.18 Å². The molecular formula is C10H7FN2O3. The average Bonchev–Trinajstić information content (AvgIpc) is 2.15. The number of carboxylic acids is 1. The van der Waals surface area contributed by atoms with Crippen LogP contribution >= 0.6 is 0 Å². The van der Waals surface area contributed by atoms with Crippen molar-refractivity contribution in [1.82, 2.24) is 9.97 Å². The number of halogens is 1. The molecule has 1 aromatic heterocycles. The van der Waals surface area contributed by atoms with Crippen LogP contribution in [0.3, 0.4) is 0 Å². The molecule has 1 heterocycles. The van der Waals surface area contributed by atoms with Crippen molar-refractivity contribution in [3.8, 4) is 0 Å². The van der Waals surface area contributed by atoms with Crippen LogP contribution in [0.15, 0.2) is 23.0 Å². The van der Waals surface area contributed by atoms with E-state index in [1.165, 1.54) is 12.1 Å². The van der Waals surface area contributed by atoms with Crippen LogP contribution in [0.1, 0.15) is 5.69 Å². The van der Waals surface area contributed by atoms with Crippen LogP contribution in [0.2, 0.25) is 0 Å². The summed E-state index contributed by atoms with van der Waals surface area (Å²) in [5.74, 6) is -1.60. The van der Waals surface area contributed by atoms with Gasteiger partial charge >= 0.3 is 11.7 Å². The lowest BCUT2D eigenvalue weighted by molar-refractivity contribution is -0.136. The normalized spacial score (nSPS) is 10.6. The summed E-state index contributed by atoms with van der Waals surface area (Å²) < 4.78 is 12.9. The van der Waals surface area contributed by atoms with E-state index in [4.69, 9.17) is 5.11 Å². The molecule has 2 N–H and O–H groups in total. The van der Waals surface area contributed by atoms with Crippen molar-refractivity contribution < 1.29 is 14.3 Å². The maximum Gasteiger partial charge on any atom is 0.345 e. The number of rotatable bonds is 2. The molecule has 0 unspecified atom stereocenters. The van der Waals surface area contributed by atoms with Gasteiger partial charge in [-0.15, -0.1) is 0 Å². The van der Waals surface area contributed by atoms with Gasteiger partial charge in [0.2, 0.25) is 0 Å². The minimum atomic E-state index is -1.08. The summed E-state index contributed by atoms with van der Waals surface area (Å²) >= 11 is 0. The van der Waals surface area contributed by atoms with Crippen LogP contribution < -0.4 is 5.69 Å². The fourth-order valence-corrected chi connectivity index (χ4v) is 1.48. The van der Waals surface area contributed by atoms with Gasteiger partial charge in [0, 0.05) is 17.1 Å².